The second-order valence-electron chi connectivity index (χ2n) is 4.93. The standard InChI is InChI=1S/C13H20BrNO2/c14-11-5-8-17-12(11)9-15-10-13(16)6-3-1-2-4-7-13/h5,8,15-16H,1-4,6-7,9-10H2. The zero-order chi connectivity index (χ0) is 12.1. The summed E-state index contributed by atoms with van der Waals surface area (Å²) in [6, 6.07) is 1.89. The summed E-state index contributed by atoms with van der Waals surface area (Å²) in [5.74, 6) is 0.891. The number of furan rings is 1. The summed E-state index contributed by atoms with van der Waals surface area (Å²) in [4.78, 5) is 0. The first-order chi connectivity index (χ1) is 8.20. The molecule has 1 heterocycles. The van der Waals surface area contributed by atoms with Crippen molar-refractivity contribution in [1.82, 2.24) is 5.32 Å². The minimum Gasteiger partial charge on any atom is -0.467 e. The Hall–Kier alpha value is -0.320. The minimum atomic E-state index is -0.518. The number of hydrogen-bond donors (Lipinski definition) is 2. The Bertz CT molecular complexity index is 343. The third kappa shape index (κ3) is 3.83. The van der Waals surface area contributed by atoms with Crippen LogP contribution >= 0.6 is 15.9 Å². The van der Waals surface area contributed by atoms with Crippen molar-refractivity contribution in [1.29, 1.82) is 0 Å². The lowest BCUT2D eigenvalue weighted by Gasteiger charge is -2.26. The SMILES string of the molecule is OC1(CNCc2occc2Br)CCCCCC1. The summed E-state index contributed by atoms with van der Waals surface area (Å²) in [6.45, 7) is 1.32. The molecule has 0 bridgehead atoms. The summed E-state index contributed by atoms with van der Waals surface area (Å²) < 4.78 is 6.30. The van der Waals surface area contributed by atoms with E-state index in [2.05, 4.69) is 21.2 Å². The molecule has 1 aliphatic carbocycles. The van der Waals surface area contributed by atoms with Crippen molar-refractivity contribution < 1.29 is 9.52 Å². The Labute approximate surface area is 111 Å². The lowest BCUT2D eigenvalue weighted by atomic mass is 9.94. The molecule has 2 N–H and O–H groups in total. The topological polar surface area (TPSA) is 45.4 Å². The van der Waals surface area contributed by atoms with Gasteiger partial charge >= 0.3 is 0 Å². The second-order valence-corrected chi connectivity index (χ2v) is 5.79. The van der Waals surface area contributed by atoms with Crippen LogP contribution in [0, 0.1) is 0 Å². The van der Waals surface area contributed by atoms with E-state index >= 15 is 0 Å². The van der Waals surface area contributed by atoms with Crippen LogP contribution < -0.4 is 5.32 Å². The Kier molecular flexibility index (Phi) is 4.65. The molecule has 4 heteroatoms. The highest BCUT2D eigenvalue weighted by molar-refractivity contribution is 9.10. The maximum absolute atomic E-state index is 10.4. The van der Waals surface area contributed by atoms with Gasteiger partial charge < -0.3 is 14.8 Å². The summed E-state index contributed by atoms with van der Waals surface area (Å²) in [5, 5.41) is 13.7. The van der Waals surface area contributed by atoms with Crippen molar-refractivity contribution in [3.63, 3.8) is 0 Å². The van der Waals surface area contributed by atoms with Gasteiger partial charge in [-0.3, -0.25) is 0 Å². The van der Waals surface area contributed by atoms with Gasteiger partial charge in [0.05, 0.1) is 22.9 Å². The van der Waals surface area contributed by atoms with Crippen LogP contribution in [0.25, 0.3) is 0 Å². The largest absolute Gasteiger partial charge is 0.467 e. The molecule has 1 aromatic heterocycles. The van der Waals surface area contributed by atoms with E-state index in [1.54, 1.807) is 6.26 Å². The highest BCUT2D eigenvalue weighted by Crippen LogP contribution is 2.26. The number of rotatable bonds is 4. The van der Waals surface area contributed by atoms with Crippen LogP contribution in [0.15, 0.2) is 21.2 Å². The fourth-order valence-corrected chi connectivity index (χ4v) is 2.76. The number of nitrogens with one attached hydrogen (secondary N) is 1. The van der Waals surface area contributed by atoms with E-state index < -0.39 is 5.60 Å². The van der Waals surface area contributed by atoms with Crippen molar-refractivity contribution in [2.45, 2.75) is 50.7 Å². The van der Waals surface area contributed by atoms with Crippen molar-refractivity contribution in [2.75, 3.05) is 6.54 Å². The van der Waals surface area contributed by atoms with Crippen LogP contribution in [0.3, 0.4) is 0 Å². The number of halogens is 1. The summed E-state index contributed by atoms with van der Waals surface area (Å²) in [7, 11) is 0. The molecule has 96 valence electrons. The first-order valence-electron chi connectivity index (χ1n) is 6.35. The fraction of sp³-hybridized carbons (Fsp3) is 0.692. The van der Waals surface area contributed by atoms with E-state index in [4.69, 9.17) is 4.42 Å². The molecule has 0 radical (unpaired) electrons. The molecule has 0 saturated heterocycles. The minimum absolute atomic E-state index is 0.518. The van der Waals surface area contributed by atoms with Gasteiger partial charge in [0.25, 0.3) is 0 Å². The van der Waals surface area contributed by atoms with E-state index in [-0.39, 0.29) is 0 Å². The summed E-state index contributed by atoms with van der Waals surface area (Å²) >= 11 is 3.42. The average Bonchev–Trinajstić information content (AvgIpc) is 2.58. The monoisotopic (exact) mass is 301 g/mol. The second kappa shape index (κ2) is 6.03. The number of hydrogen-bond acceptors (Lipinski definition) is 3. The average molecular weight is 302 g/mol. The van der Waals surface area contributed by atoms with Gasteiger partial charge in [-0.05, 0) is 34.8 Å². The van der Waals surface area contributed by atoms with Crippen molar-refractivity contribution >= 4 is 15.9 Å². The molecule has 1 fully saturated rings. The zero-order valence-corrected chi connectivity index (χ0v) is 11.6. The molecule has 1 aliphatic rings. The predicted octanol–water partition coefficient (Wildman–Crippen LogP) is 3.22. The van der Waals surface area contributed by atoms with Gasteiger partial charge in [0.1, 0.15) is 5.76 Å². The molecule has 0 unspecified atom stereocenters. The molecule has 0 aromatic carbocycles. The van der Waals surface area contributed by atoms with Gasteiger partial charge in [-0.1, -0.05) is 25.7 Å². The Balaban J connectivity index is 1.79. The molecule has 0 atom stereocenters. The third-order valence-electron chi connectivity index (χ3n) is 3.46. The molecule has 2 rings (SSSR count). The van der Waals surface area contributed by atoms with Gasteiger partial charge in [-0.15, -0.1) is 0 Å². The highest BCUT2D eigenvalue weighted by atomic mass is 79.9. The Morgan fingerprint density at radius 3 is 2.59 bits per heavy atom. The van der Waals surface area contributed by atoms with E-state index in [1.165, 1.54) is 12.8 Å². The molecular weight excluding hydrogens is 282 g/mol. The zero-order valence-electron chi connectivity index (χ0n) is 10.0. The molecule has 0 aliphatic heterocycles. The van der Waals surface area contributed by atoms with E-state index in [1.807, 2.05) is 6.07 Å². The van der Waals surface area contributed by atoms with Crippen molar-refractivity contribution in [3.05, 3.63) is 22.6 Å². The van der Waals surface area contributed by atoms with Gasteiger partial charge in [-0.2, -0.15) is 0 Å². The smallest absolute Gasteiger partial charge is 0.131 e. The third-order valence-corrected chi connectivity index (χ3v) is 4.17. The molecule has 1 aromatic rings. The fourth-order valence-electron chi connectivity index (χ4n) is 2.42. The van der Waals surface area contributed by atoms with Crippen LogP contribution in [0.4, 0.5) is 0 Å². The number of aliphatic hydroxyl groups is 1. The normalized spacial score (nSPS) is 20.1. The van der Waals surface area contributed by atoms with Gasteiger partial charge in [0.2, 0.25) is 0 Å². The Morgan fingerprint density at radius 2 is 2.00 bits per heavy atom. The first kappa shape index (κ1) is 13.1. The van der Waals surface area contributed by atoms with Crippen LogP contribution in [-0.4, -0.2) is 17.3 Å². The van der Waals surface area contributed by atoms with Crippen LogP contribution in [0.5, 0.6) is 0 Å². The quantitative estimate of drug-likeness (QED) is 0.840. The summed E-state index contributed by atoms with van der Waals surface area (Å²) in [5.41, 5.74) is -0.518. The lowest BCUT2D eigenvalue weighted by molar-refractivity contribution is 0.0247. The van der Waals surface area contributed by atoms with Crippen LogP contribution in [0.1, 0.15) is 44.3 Å². The van der Waals surface area contributed by atoms with Gasteiger partial charge in [0.15, 0.2) is 0 Å². The van der Waals surface area contributed by atoms with Crippen LogP contribution in [0.2, 0.25) is 0 Å². The summed E-state index contributed by atoms with van der Waals surface area (Å²) in [6.07, 6.45) is 8.30. The molecule has 1 saturated carbocycles. The van der Waals surface area contributed by atoms with E-state index in [0.717, 1.165) is 35.9 Å². The van der Waals surface area contributed by atoms with Crippen LogP contribution in [-0.2, 0) is 6.54 Å². The molecule has 0 spiro atoms. The molecule has 3 nitrogen and oxygen atoms in total. The first-order valence-corrected chi connectivity index (χ1v) is 7.14. The molecule has 0 amide bonds. The maximum Gasteiger partial charge on any atom is 0.131 e. The van der Waals surface area contributed by atoms with E-state index in [9.17, 15) is 5.11 Å². The predicted molar refractivity (Wildman–Crippen MR) is 70.8 cm³/mol. The highest BCUT2D eigenvalue weighted by Gasteiger charge is 2.27. The maximum atomic E-state index is 10.4. The lowest BCUT2D eigenvalue weighted by Crippen LogP contribution is -2.39. The van der Waals surface area contributed by atoms with Gasteiger partial charge in [-0.25, -0.2) is 0 Å². The van der Waals surface area contributed by atoms with Gasteiger partial charge in [0, 0.05) is 6.54 Å². The van der Waals surface area contributed by atoms with Crippen molar-refractivity contribution in [2.24, 2.45) is 0 Å². The van der Waals surface area contributed by atoms with E-state index in [0.29, 0.717) is 13.1 Å². The Morgan fingerprint density at radius 1 is 1.29 bits per heavy atom. The molecular formula is C13H20BrNO2. The molecule has 17 heavy (non-hydrogen) atoms. The van der Waals surface area contributed by atoms with Crippen molar-refractivity contribution in [3.8, 4) is 0 Å².